The van der Waals surface area contributed by atoms with Gasteiger partial charge in [-0.05, 0) is 55.2 Å². The molecule has 2 aliphatic rings. The molecule has 1 aromatic heterocycles. The van der Waals surface area contributed by atoms with Gasteiger partial charge in [0.1, 0.15) is 11.6 Å². The van der Waals surface area contributed by atoms with E-state index in [4.69, 9.17) is 15.2 Å². The topological polar surface area (TPSA) is 143 Å². The summed E-state index contributed by atoms with van der Waals surface area (Å²) < 4.78 is 24.9. The van der Waals surface area contributed by atoms with Gasteiger partial charge in [0, 0.05) is 23.4 Å². The number of nitrogens with two attached hydrogens (primary N) is 1. The molecule has 1 aliphatic carbocycles. The Morgan fingerprint density at radius 3 is 2.74 bits per heavy atom. The highest BCUT2D eigenvalue weighted by Gasteiger charge is 2.41. The van der Waals surface area contributed by atoms with Crippen LogP contribution >= 0.6 is 23.1 Å². The normalized spacial score (nSPS) is 16.7. The molecule has 1 unspecified atom stereocenters. The van der Waals surface area contributed by atoms with Gasteiger partial charge in [0.2, 0.25) is 11.0 Å². The van der Waals surface area contributed by atoms with Crippen LogP contribution in [0.4, 0.5) is 15.2 Å². The molecule has 0 saturated heterocycles. The minimum atomic E-state index is -0.675. The third kappa shape index (κ3) is 5.55. The number of halogens is 1. The summed E-state index contributed by atoms with van der Waals surface area (Å²) in [6.45, 7) is 1.78. The molecule has 216 valence electrons. The van der Waals surface area contributed by atoms with Crippen LogP contribution in [0.3, 0.4) is 0 Å². The molecule has 1 amide bonds. The van der Waals surface area contributed by atoms with E-state index in [2.05, 4.69) is 21.6 Å². The van der Waals surface area contributed by atoms with Gasteiger partial charge in [-0.3, -0.25) is 14.5 Å². The van der Waals surface area contributed by atoms with Crippen molar-refractivity contribution >= 4 is 45.6 Å². The van der Waals surface area contributed by atoms with E-state index < -0.39 is 11.7 Å². The highest BCUT2D eigenvalue weighted by atomic mass is 32.2. The van der Waals surface area contributed by atoms with Gasteiger partial charge in [-0.2, -0.15) is 5.26 Å². The molecule has 2 aromatic carbocycles. The number of aromatic nitrogens is 2. The Balaban J connectivity index is 1.44. The Morgan fingerprint density at radius 1 is 1.21 bits per heavy atom. The number of nitrogens with zero attached hydrogens (tertiary/aromatic N) is 4. The Kier molecular flexibility index (Phi) is 8.46. The molecule has 0 spiro atoms. The lowest BCUT2D eigenvalue weighted by atomic mass is 9.75. The smallest absolute Gasteiger partial charge is 0.234 e. The number of nitriles is 1. The number of anilines is 2. The molecule has 13 heteroatoms. The summed E-state index contributed by atoms with van der Waals surface area (Å²) in [6, 6.07) is 11.7. The van der Waals surface area contributed by atoms with Crippen LogP contribution in [0.2, 0.25) is 0 Å². The Morgan fingerprint density at radius 2 is 2.00 bits per heavy atom. The number of ketones is 1. The van der Waals surface area contributed by atoms with Crippen molar-refractivity contribution < 1.29 is 23.5 Å². The predicted molar refractivity (Wildman–Crippen MR) is 158 cm³/mol. The number of rotatable bonds is 8. The maximum Gasteiger partial charge on any atom is 0.234 e. The second-order valence-electron chi connectivity index (χ2n) is 9.58. The zero-order valence-electron chi connectivity index (χ0n) is 23.1. The van der Waals surface area contributed by atoms with Crippen molar-refractivity contribution in [2.45, 2.75) is 36.4 Å². The summed E-state index contributed by atoms with van der Waals surface area (Å²) in [5, 5.41) is 21.9. The average molecular weight is 607 g/mol. The quantitative estimate of drug-likeness (QED) is 0.335. The number of carbonyl (C=O) groups is 2. The minimum Gasteiger partial charge on any atom is -0.493 e. The van der Waals surface area contributed by atoms with E-state index in [1.165, 1.54) is 49.5 Å². The van der Waals surface area contributed by atoms with Crippen molar-refractivity contribution in [2.75, 3.05) is 30.2 Å². The summed E-state index contributed by atoms with van der Waals surface area (Å²) in [5.74, 6) is -0.321. The fourth-order valence-electron chi connectivity index (χ4n) is 5.06. The molecule has 3 aromatic rings. The first-order chi connectivity index (χ1) is 20.2. The maximum atomic E-state index is 13.6. The lowest BCUT2D eigenvalue weighted by Gasteiger charge is -2.38. The molecule has 2 heterocycles. The van der Waals surface area contributed by atoms with Crippen LogP contribution in [-0.4, -0.2) is 41.9 Å². The van der Waals surface area contributed by atoms with Gasteiger partial charge in [-0.1, -0.05) is 35.2 Å². The molecule has 10 nitrogen and oxygen atoms in total. The van der Waals surface area contributed by atoms with Gasteiger partial charge in [-0.15, -0.1) is 10.2 Å². The molecule has 3 N–H and O–H groups in total. The summed E-state index contributed by atoms with van der Waals surface area (Å²) in [5.41, 5.74) is 9.84. The zero-order chi connectivity index (χ0) is 30.0. The van der Waals surface area contributed by atoms with Crippen molar-refractivity contribution in [3.8, 4) is 17.6 Å². The van der Waals surface area contributed by atoms with Crippen LogP contribution in [0.5, 0.6) is 11.5 Å². The molecule has 5 rings (SSSR count). The first-order valence-electron chi connectivity index (χ1n) is 13.0. The summed E-state index contributed by atoms with van der Waals surface area (Å²) in [4.78, 5) is 27.6. The van der Waals surface area contributed by atoms with Crippen LogP contribution in [0.15, 0.2) is 63.4 Å². The number of allylic oxidation sites excluding steroid dienone is 3. The van der Waals surface area contributed by atoms with Crippen LogP contribution < -0.4 is 25.4 Å². The van der Waals surface area contributed by atoms with E-state index in [9.17, 15) is 19.2 Å². The van der Waals surface area contributed by atoms with Crippen LogP contribution in [0.1, 0.15) is 36.3 Å². The van der Waals surface area contributed by atoms with E-state index in [0.717, 1.165) is 5.56 Å². The summed E-state index contributed by atoms with van der Waals surface area (Å²) in [6.07, 6.45) is 1.54. The number of aryl methyl sites for hydroxylation is 1. The number of Topliss-reactive ketones (excluding diaryl/α,β-unsaturated/α-hetero) is 1. The fourth-order valence-corrected chi connectivity index (χ4v) is 6.74. The van der Waals surface area contributed by atoms with Crippen molar-refractivity contribution in [2.24, 2.45) is 5.73 Å². The number of benzene rings is 2. The molecule has 1 aliphatic heterocycles. The van der Waals surface area contributed by atoms with Crippen LogP contribution in [0, 0.1) is 24.1 Å². The number of methoxy groups -OCH3 is 2. The van der Waals surface area contributed by atoms with Crippen LogP contribution in [0.25, 0.3) is 0 Å². The number of nitrogens with one attached hydrogen (secondary N) is 1. The highest BCUT2D eigenvalue weighted by Crippen LogP contribution is 2.48. The van der Waals surface area contributed by atoms with Gasteiger partial charge in [0.05, 0.1) is 37.5 Å². The van der Waals surface area contributed by atoms with Gasteiger partial charge >= 0.3 is 0 Å². The van der Waals surface area contributed by atoms with Gasteiger partial charge in [0.25, 0.3) is 0 Å². The Bertz CT molecular complexity index is 1680. The molecule has 0 bridgehead atoms. The number of amides is 1. The first kappa shape index (κ1) is 29.1. The standard InChI is InChI=1S/C29H27FN6O4S2/c1-15-7-9-17(30)12-19(15)33-24(38)14-41-29-35-34-28(42-29)36-20-5-4-6-21(37)26(20)25(18(13-31)27(36)32)16-8-10-22(39-2)23(11-16)40-3/h7-12,25H,4-6,14,32H2,1-3H3,(H,33,38). The second-order valence-corrected chi connectivity index (χ2v) is 11.8. The third-order valence-electron chi connectivity index (χ3n) is 7.04. The van der Waals surface area contributed by atoms with E-state index >= 15 is 0 Å². The number of hydrogen-bond acceptors (Lipinski definition) is 11. The van der Waals surface area contributed by atoms with Crippen LogP contribution in [-0.2, 0) is 9.59 Å². The molecule has 0 saturated carbocycles. The molecular formula is C29H27FN6O4S2. The van der Waals surface area contributed by atoms with Gasteiger partial charge in [-0.25, -0.2) is 4.39 Å². The Labute approximate surface area is 250 Å². The van der Waals surface area contributed by atoms with Crippen molar-refractivity contribution in [1.82, 2.24) is 10.2 Å². The fraction of sp³-hybridized carbons (Fsp3) is 0.276. The third-order valence-corrected chi connectivity index (χ3v) is 9.08. The van der Waals surface area contributed by atoms with E-state index in [0.29, 0.717) is 62.8 Å². The molecule has 42 heavy (non-hydrogen) atoms. The highest BCUT2D eigenvalue weighted by molar-refractivity contribution is 8.01. The largest absolute Gasteiger partial charge is 0.493 e. The van der Waals surface area contributed by atoms with E-state index in [1.54, 1.807) is 36.1 Å². The minimum absolute atomic E-state index is 0.0210. The molecule has 0 radical (unpaired) electrons. The average Bonchev–Trinajstić information content (AvgIpc) is 3.45. The number of carbonyl (C=O) groups excluding carboxylic acids is 2. The predicted octanol–water partition coefficient (Wildman–Crippen LogP) is 5.04. The second kappa shape index (κ2) is 12.2. The summed E-state index contributed by atoms with van der Waals surface area (Å²) >= 11 is 2.36. The molecule has 1 atom stereocenters. The van der Waals surface area contributed by atoms with E-state index in [1.807, 2.05) is 0 Å². The molecule has 0 fully saturated rings. The van der Waals surface area contributed by atoms with E-state index in [-0.39, 0.29) is 28.8 Å². The van der Waals surface area contributed by atoms with Crippen molar-refractivity contribution in [3.05, 3.63) is 76.0 Å². The SMILES string of the molecule is COc1ccc(C2C(C#N)=C(N)N(c3nnc(SCC(=O)Nc4cc(F)ccc4C)s3)C3=C2C(=O)CCC3)cc1OC. The van der Waals surface area contributed by atoms with Crippen molar-refractivity contribution in [1.29, 1.82) is 5.26 Å². The number of hydrogen-bond donors (Lipinski definition) is 2. The lowest BCUT2D eigenvalue weighted by molar-refractivity contribution is -0.116. The van der Waals surface area contributed by atoms with Crippen molar-refractivity contribution in [3.63, 3.8) is 0 Å². The number of ether oxygens (including phenoxy) is 2. The summed E-state index contributed by atoms with van der Waals surface area (Å²) in [7, 11) is 3.06. The monoisotopic (exact) mass is 606 g/mol. The van der Waals surface area contributed by atoms with Gasteiger partial charge in [0.15, 0.2) is 21.6 Å². The maximum absolute atomic E-state index is 13.6. The first-order valence-corrected chi connectivity index (χ1v) is 14.8. The molecular weight excluding hydrogens is 579 g/mol. The van der Waals surface area contributed by atoms with Gasteiger partial charge < -0.3 is 20.5 Å². The Hall–Kier alpha value is -4.41. The lowest BCUT2D eigenvalue weighted by Crippen LogP contribution is -2.38. The zero-order valence-corrected chi connectivity index (χ0v) is 24.7. The number of thioether (sulfide) groups is 1.